The molecule has 0 bridgehead atoms. The van der Waals surface area contributed by atoms with Crippen LogP contribution in [0, 0.1) is 0 Å². The first-order chi connectivity index (χ1) is 8.58. The molecule has 0 saturated carbocycles. The largest absolute Gasteiger partial charge is 0.444 e. The van der Waals surface area contributed by atoms with Crippen LogP contribution in [-0.2, 0) is 14.6 Å². The number of hydrogen-bond acceptors (Lipinski definition) is 5. The molecule has 6 nitrogen and oxygen atoms in total. The average molecular weight is 292 g/mol. The SMILES string of the molecule is CC(C)(C)OC(=O)N1CCNC[C@@H]1CCS(C)(=O)=O. The molecule has 19 heavy (non-hydrogen) atoms. The maximum atomic E-state index is 12.1. The molecular formula is C12H24N2O4S. The topological polar surface area (TPSA) is 75.7 Å². The van der Waals surface area contributed by atoms with E-state index in [1.165, 1.54) is 6.26 Å². The number of nitrogens with zero attached hydrogens (tertiary/aromatic N) is 1. The fourth-order valence-electron chi connectivity index (χ4n) is 1.93. The van der Waals surface area contributed by atoms with Gasteiger partial charge in [-0.3, -0.25) is 0 Å². The second kappa shape index (κ2) is 6.09. The van der Waals surface area contributed by atoms with Crippen LogP contribution in [0.15, 0.2) is 0 Å². The van der Waals surface area contributed by atoms with Crippen LogP contribution in [0.1, 0.15) is 27.2 Å². The van der Waals surface area contributed by atoms with Crippen molar-refractivity contribution in [3.05, 3.63) is 0 Å². The van der Waals surface area contributed by atoms with Crippen LogP contribution in [0.4, 0.5) is 4.79 Å². The molecule has 1 amide bonds. The van der Waals surface area contributed by atoms with E-state index in [1.54, 1.807) is 4.90 Å². The van der Waals surface area contributed by atoms with Crippen LogP contribution in [0.3, 0.4) is 0 Å². The summed E-state index contributed by atoms with van der Waals surface area (Å²) < 4.78 is 27.8. The summed E-state index contributed by atoms with van der Waals surface area (Å²) in [7, 11) is -3.01. The molecule has 7 heteroatoms. The van der Waals surface area contributed by atoms with Crippen molar-refractivity contribution in [2.45, 2.75) is 38.8 Å². The van der Waals surface area contributed by atoms with Crippen molar-refractivity contribution < 1.29 is 17.9 Å². The zero-order valence-corrected chi connectivity index (χ0v) is 12.9. The Hall–Kier alpha value is -0.820. The first-order valence-electron chi connectivity index (χ1n) is 6.46. The number of nitrogens with one attached hydrogen (secondary N) is 1. The van der Waals surface area contributed by atoms with Gasteiger partial charge in [0.1, 0.15) is 15.4 Å². The number of carbonyl (C=O) groups excluding carboxylic acids is 1. The molecule has 0 aromatic rings. The lowest BCUT2D eigenvalue weighted by Gasteiger charge is -2.37. The molecule has 0 unspecified atom stereocenters. The van der Waals surface area contributed by atoms with Crippen molar-refractivity contribution in [3.8, 4) is 0 Å². The van der Waals surface area contributed by atoms with Crippen LogP contribution >= 0.6 is 0 Å². The minimum absolute atomic E-state index is 0.0820. The fourth-order valence-corrected chi connectivity index (χ4v) is 2.63. The van der Waals surface area contributed by atoms with Gasteiger partial charge in [0.15, 0.2) is 0 Å². The van der Waals surface area contributed by atoms with Crippen molar-refractivity contribution >= 4 is 15.9 Å². The summed E-state index contributed by atoms with van der Waals surface area (Å²) in [5.74, 6) is 0.0820. The van der Waals surface area contributed by atoms with E-state index in [0.29, 0.717) is 26.1 Å². The highest BCUT2D eigenvalue weighted by atomic mass is 32.2. The molecule has 0 aromatic heterocycles. The normalized spacial score (nSPS) is 21.3. The minimum atomic E-state index is -3.01. The summed E-state index contributed by atoms with van der Waals surface area (Å²) in [5.41, 5.74) is -0.538. The molecule has 1 N–H and O–H groups in total. The highest BCUT2D eigenvalue weighted by Gasteiger charge is 2.30. The molecule has 1 rings (SSSR count). The van der Waals surface area contributed by atoms with Gasteiger partial charge < -0.3 is 15.0 Å². The summed E-state index contributed by atoms with van der Waals surface area (Å²) in [6.07, 6.45) is 1.28. The van der Waals surface area contributed by atoms with E-state index in [1.807, 2.05) is 20.8 Å². The summed E-state index contributed by atoms with van der Waals surface area (Å²) in [5, 5.41) is 3.17. The maximum absolute atomic E-state index is 12.1. The molecule has 0 radical (unpaired) electrons. The van der Waals surface area contributed by atoms with Crippen molar-refractivity contribution in [2.24, 2.45) is 0 Å². The molecule has 1 fully saturated rings. The van der Waals surface area contributed by atoms with Gasteiger partial charge in [0, 0.05) is 31.9 Å². The Kier molecular flexibility index (Phi) is 5.20. The molecule has 1 aliphatic heterocycles. The van der Waals surface area contributed by atoms with Crippen LogP contribution in [0.5, 0.6) is 0 Å². The van der Waals surface area contributed by atoms with E-state index in [2.05, 4.69) is 5.32 Å². The van der Waals surface area contributed by atoms with Crippen molar-refractivity contribution in [1.82, 2.24) is 10.2 Å². The highest BCUT2D eigenvalue weighted by Crippen LogP contribution is 2.15. The average Bonchev–Trinajstić information content (AvgIpc) is 2.23. The fraction of sp³-hybridized carbons (Fsp3) is 0.917. The Bertz CT molecular complexity index is 414. The first-order valence-corrected chi connectivity index (χ1v) is 8.52. The number of rotatable bonds is 3. The third-order valence-corrected chi connectivity index (χ3v) is 3.78. The molecule has 1 atom stereocenters. The summed E-state index contributed by atoms with van der Waals surface area (Å²) in [6, 6.07) is -0.127. The van der Waals surface area contributed by atoms with E-state index in [4.69, 9.17) is 4.74 Å². The molecule has 0 aliphatic carbocycles. The number of carbonyl (C=O) groups is 1. The molecule has 1 aliphatic rings. The lowest BCUT2D eigenvalue weighted by Crippen LogP contribution is -2.55. The number of amides is 1. The molecule has 112 valence electrons. The Morgan fingerprint density at radius 1 is 1.42 bits per heavy atom. The van der Waals surface area contributed by atoms with Gasteiger partial charge >= 0.3 is 6.09 Å². The van der Waals surface area contributed by atoms with Crippen molar-refractivity contribution in [3.63, 3.8) is 0 Å². The zero-order chi connectivity index (χ0) is 14.7. The van der Waals surface area contributed by atoms with Gasteiger partial charge in [-0.1, -0.05) is 0 Å². The first kappa shape index (κ1) is 16.2. The Morgan fingerprint density at radius 3 is 2.58 bits per heavy atom. The van der Waals surface area contributed by atoms with E-state index in [-0.39, 0.29) is 17.9 Å². The molecule has 0 spiro atoms. The zero-order valence-electron chi connectivity index (χ0n) is 12.1. The van der Waals surface area contributed by atoms with Crippen LogP contribution < -0.4 is 5.32 Å². The van der Waals surface area contributed by atoms with Gasteiger partial charge in [0.2, 0.25) is 0 Å². The van der Waals surface area contributed by atoms with E-state index in [9.17, 15) is 13.2 Å². The lowest BCUT2D eigenvalue weighted by atomic mass is 10.1. The van der Waals surface area contributed by atoms with Gasteiger partial charge in [-0.05, 0) is 27.2 Å². The van der Waals surface area contributed by atoms with Gasteiger partial charge in [-0.25, -0.2) is 13.2 Å². The monoisotopic (exact) mass is 292 g/mol. The summed E-state index contributed by atoms with van der Waals surface area (Å²) in [6.45, 7) is 7.31. The second-order valence-electron chi connectivity index (χ2n) is 5.95. The standard InChI is InChI=1S/C12H24N2O4S/c1-12(2,3)18-11(15)14-7-6-13-9-10(14)5-8-19(4,16)17/h10,13H,5-9H2,1-4H3/t10-/m0/s1. The Balaban J connectivity index is 2.64. The van der Waals surface area contributed by atoms with Gasteiger partial charge in [0.25, 0.3) is 0 Å². The Labute approximate surface area is 115 Å². The smallest absolute Gasteiger partial charge is 0.410 e. The van der Waals surface area contributed by atoms with Gasteiger partial charge in [-0.2, -0.15) is 0 Å². The van der Waals surface area contributed by atoms with E-state index in [0.717, 1.165) is 0 Å². The molecule has 0 aromatic carbocycles. The lowest BCUT2D eigenvalue weighted by molar-refractivity contribution is 0.0118. The van der Waals surface area contributed by atoms with Crippen molar-refractivity contribution in [1.29, 1.82) is 0 Å². The highest BCUT2D eigenvalue weighted by molar-refractivity contribution is 7.90. The number of sulfone groups is 1. The molecule has 1 heterocycles. The van der Waals surface area contributed by atoms with Crippen molar-refractivity contribution in [2.75, 3.05) is 31.6 Å². The van der Waals surface area contributed by atoms with Crippen LogP contribution in [-0.4, -0.2) is 62.7 Å². The number of hydrogen-bond donors (Lipinski definition) is 1. The van der Waals surface area contributed by atoms with Crippen LogP contribution in [0.25, 0.3) is 0 Å². The van der Waals surface area contributed by atoms with E-state index < -0.39 is 15.4 Å². The quantitative estimate of drug-likeness (QED) is 0.825. The van der Waals surface area contributed by atoms with E-state index >= 15 is 0 Å². The third-order valence-electron chi connectivity index (χ3n) is 2.80. The van der Waals surface area contributed by atoms with Gasteiger partial charge in [0.05, 0.1) is 5.75 Å². The predicted octanol–water partition coefficient (Wildman–Crippen LogP) is 0.630. The second-order valence-corrected chi connectivity index (χ2v) is 8.21. The van der Waals surface area contributed by atoms with Crippen LogP contribution in [0.2, 0.25) is 0 Å². The number of ether oxygens (including phenoxy) is 1. The third kappa shape index (κ3) is 6.24. The molecular weight excluding hydrogens is 268 g/mol. The Morgan fingerprint density at radius 2 is 2.05 bits per heavy atom. The van der Waals surface area contributed by atoms with Gasteiger partial charge in [-0.15, -0.1) is 0 Å². The summed E-state index contributed by atoms with van der Waals surface area (Å²) in [4.78, 5) is 13.7. The molecule has 1 saturated heterocycles. The predicted molar refractivity (Wildman–Crippen MR) is 73.9 cm³/mol. The maximum Gasteiger partial charge on any atom is 0.410 e. The summed E-state index contributed by atoms with van der Waals surface area (Å²) >= 11 is 0. The minimum Gasteiger partial charge on any atom is -0.444 e. The number of piperazine rings is 1.